The van der Waals surface area contributed by atoms with Crippen LogP contribution in [-0.2, 0) is 10.2 Å². The Morgan fingerprint density at radius 3 is 2.10 bits per heavy atom. The number of piperidine rings is 1. The van der Waals surface area contributed by atoms with E-state index in [2.05, 4.69) is 18.7 Å². The number of halogens is 2. The first-order valence-corrected chi connectivity index (χ1v) is 9.94. The lowest BCUT2D eigenvalue weighted by Crippen LogP contribution is -2.37. The zero-order chi connectivity index (χ0) is 21.1. The van der Waals surface area contributed by atoms with Gasteiger partial charge in [-0.15, -0.1) is 0 Å². The molecule has 1 amide bonds. The molecule has 0 bridgehead atoms. The number of anilines is 3. The lowest BCUT2D eigenvalue weighted by Gasteiger charge is -2.38. The highest BCUT2D eigenvalue weighted by molar-refractivity contribution is 6.12. The van der Waals surface area contributed by atoms with Gasteiger partial charge in [-0.3, -0.25) is 9.69 Å². The Labute approximate surface area is 169 Å². The molecule has 4 nitrogen and oxygen atoms in total. The number of hydrogen-bond donors (Lipinski definition) is 1. The van der Waals surface area contributed by atoms with Gasteiger partial charge in [0, 0.05) is 24.5 Å². The smallest absolute Gasteiger partial charge is 0.241 e. The van der Waals surface area contributed by atoms with Gasteiger partial charge in [0.2, 0.25) is 5.91 Å². The molecule has 0 aliphatic carbocycles. The Kier molecular flexibility index (Phi) is 4.37. The van der Waals surface area contributed by atoms with Crippen molar-refractivity contribution >= 4 is 23.0 Å². The number of carbonyl (C=O) groups excluding carboxylic acids is 1. The molecule has 0 unspecified atom stereocenters. The summed E-state index contributed by atoms with van der Waals surface area (Å²) in [5, 5.41) is 9.75. The Hall–Kier alpha value is -2.63. The zero-order valence-electron chi connectivity index (χ0n) is 17.2. The Balaban J connectivity index is 1.70. The van der Waals surface area contributed by atoms with Crippen LogP contribution in [0.4, 0.5) is 25.8 Å². The summed E-state index contributed by atoms with van der Waals surface area (Å²) in [7, 11) is 0. The van der Waals surface area contributed by atoms with Crippen LogP contribution in [0.3, 0.4) is 0 Å². The molecule has 2 heterocycles. The van der Waals surface area contributed by atoms with Crippen LogP contribution < -0.4 is 9.80 Å². The molecule has 2 aliphatic heterocycles. The minimum absolute atomic E-state index is 0.0774. The van der Waals surface area contributed by atoms with Crippen LogP contribution in [0.2, 0.25) is 0 Å². The maximum Gasteiger partial charge on any atom is 0.241 e. The second-order valence-electron chi connectivity index (χ2n) is 9.35. The first-order valence-electron chi connectivity index (χ1n) is 9.94. The normalized spacial score (nSPS) is 20.1. The second kappa shape index (κ2) is 6.44. The maximum absolute atomic E-state index is 14.8. The topological polar surface area (TPSA) is 43.8 Å². The molecule has 0 spiro atoms. The molecule has 0 atom stereocenters. The number of amides is 1. The van der Waals surface area contributed by atoms with Crippen molar-refractivity contribution in [3.05, 3.63) is 47.5 Å². The van der Waals surface area contributed by atoms with Crippen LogP contribution in [0.1, 0.15) is 46.1 Å². The van der Waals surface area contributed by atoms with E-state index < -0.39 is 22.8 Å². The number of fused-ring (bicyclic) bond motifs is 1. The molecule has 1 saturated heterocycles. The minimum atomic E-state index is -1.11. The summed E-state index contributed by atoms with van der Waals surface area (Å²) >= 11 is 0. The number of rotatable bonds is 2. The van der Waals surface area contributed by atoms with E-state index in [1.807, 2.05) is 12.1 Å². The van der Waals surface area contributed by atoms with Gasteiger partial charge >= 0.3 is 0 Å². The molecule has 0 aromatic heterocycles. The number of aromatic hydroxyl groups is 1. The van der Waals surface area contributed by atoms with E-state index in [-0.39, 0.29) is 17.2 Å². The summed E-state index contributed by atoms with van der Waals surface area (Å²) in [6.45, 7) is 9.75. The van der Waals surface area contributed by atoms with Gasteiger partial charge in [0.15, 0.2) is 17.4 Å². The van der Waals surface area contributed by atoms with Gasteiger partial charge in [0.05, 0.1) is 11.1 Å². The van der Waals surface area contributed by atoms with Crippen molar-refractivity contribution in [3.8, 4) is 5.75 Å². The van der Waals surface area contributed by atoms with E-state index >= 15 is 0 Å². The van der Waals surface area contributed by atoms with Crippen LogP contribution in [0.5, 0.6) is 5.75 Å². The van der Waals surface area contributed by atoms with Gasteiger partial charge in [-0.2, -0.15) is 0 Å². The molecule has 2 aromatic rings. The van der Waals surface area contributed by atoms with E-state index in [4.69, 9.17) is 0 Å². The zero-order valence-corrected chi connectivity index (χ0v) is 17.2. The molecule has 2 aromatic carbocycles. The fourth-order valence-electron chi connectivity index (χ4n) is 4.22. The predicted octanol–water partition coefficient (Wildman–Crippen LogP) is 5.25. The van der Waals surface area contributed by atoms with E-state index in [1.54, 1.807) is 26.0 Å². The molecule has 1 N–H and O–H groups in total. The Morgan fingerprint density at radius 2 is 1.52 bits per heavy atom. The monoisotopic (exact) mass is 400 g/mol. The third-order valence-electron chi connectivity index (χ3n) is 6.39. The lowest BCUT2D eigenvalue weighted by molar-refractivity contribution is -0.121. The largest absolute Gasteiger partial charge is 0.503 e. The van der Waals surface area contributed by atoms with Crippen LogP contribution >= 0.6 is 0 Å². The number of hydrogen-bond acceptors (Lipinski definition) is 3. The number of carbonyl (C=O) groups is 1. The van der Waals surface area contributed by atoms with Crippen LogP contribution in [0.15, 0.2) is 30.3 Å². The van der Waals surface area contributed by atoms with E-state index in [0.29, 0.717) is 11.1 Å². The minimum Gasteiger partial charge on any atom is -0.503 e. The summed E-state index contributed by atoms with van der Waals surface area (Å²) in [4.78, 5) is 16.6. The van der Waals surface area contributed by atoms with Crippen LogP contribution in [0.25, 0.3) is 0 Å². The third kappa shape index (κ3) is 3.05. The summed E-state index contributed by atoms with van der Waals surface area (Å²) in [5.41, 5.74) is 0.958. The molecule has 1 fully saturated rings. The van der Waals surface area contributed by atoms with E-state index in [1.165, 1.54) is 4.90 Å². The van der Waals surface area contributed by atoms with Crippen LogP contribution in [0, 0.1) is 17.0 Å². The van der Waals surface area contributed by atoms with E-state index in [0.717, 1.165) is 37.7 Å². The standard InChI is InChI=1S/C23H26F2N2O2/c1-22(2)9-11-26(12-10-22)14-5-7-15(8-6-14)27-19-16(23(3,4)21(27)29)13-17(24)20(28)18(19)25/h5-8,13,28H,9-12H2,1-4H3. The summed E-state index contributed by atoms with van der Waals surface area (Å²) in [6, 6.07) is 8.45. The summed E-state index contributed by atoms with van der Waals surface area (Å²) in [5.74, 6) is -3.59. The number of benzene rings is 2. The van der Waals surface area contributed by atoms with Crippen molar-refractivity contribution in [1.82, 2.24) is 0 Å². The Bertz CT molecular complexity index is 973. The molecular formula is C23H26F2N2O2. The summed E-state index contributed by atoms with van der Waals surface area (Å²) in [6.07, 6.45) is 2.22. The van der Waals surface area contributed by atoms with Crippen molar-refractivity contribution < 1.29 is 18.7 Å². The van der Waals surface area contributed by atoms with Gasteiger partial charge in [0.25, 0.3) is 0 Å². The molecule has 4 rings (SSSR count). The molecule has 0 radical (unpaired) electrons. The van der Waals surface area contributed by atoms with Crippen molar-refractivity contribution in [2.45, 2.75) is 46.0 Å². The number of phenolic OH excluding ortho intramolecular Hbond substituents is 1. The van der Waals surface area contributed by atoms with Crippen molar-refractivity contribution in [2.75, 3.05) is 22.9 Å². The molecular weight excluding hydrogens is 374 g/mol. The van der Waals surface area contributed by atoms with Crippen molar-refractivity contribution in [1.29, 1.82) is 0 Å². The fraction of sp³-hybridized carbons (Fsp3) is 0.435. The average molecular weight is 400 g/mol. The van der Waals surface area contributed by atoms with Gasteiger partial charge in [-0.05, 0) is 68.0 Å². The van der Waals surface area contributed by atoms with Gasteiger partial charge in [-0.1, -0.05) is 13.8 Å². The molecule has 154 valence electrons. The molecule has 29 heavy (non-hydrogen) atoms. The summed E-state index contributed by atoms with van der Waals surface area (Å²) < 4.78 is 28.7. The molecule has 0 saturated carbocycles. The SMILES string of the molecule is CC1(C)CCN(c2ccc(N3C(=O)C(C)(C)c4cc(F)c(O)c(F)c43)cc2)CC1. The predicted molar refractivity (Wildman–Crippen MR) is 110 cm³/mol. The lowest BCUT2D eigenvalue weighted by atomic mass is 9.82. The highest BCUT2D eigenvalue weighted by Gasteiger charge is 2.47. The maximum atomic E-state index is 14.8. The first-order chi connectivity index (χ1) is 13.5. The fourth-order valence-corrected chi connectivity index (χ4v) is 4.22. The highest BCUT2D eigenvalue weighted by atomic mass is 19.1. The Morgan fingerprint density at radius 1 is 0.966 bits per heavy atom. The third-order valence-corrected chi connectivity index (χ3v) is 6.39. The van der Waals surface area contributed by atoms with E-state index in [9.17, 15) is 18.7 Å². The van der Waals surface area contributed by atoms with Crippen molar-refractivity contribution in [2.24, 2.45) is 5.41 Å². The first kappa shape index (κ1) is 19.7. The molecule has 6 heteroatoms. The number of nitrogens with zero attached hydrogens (tertiary/aromatic N) is 2. The highest BCUT2D eigenvalue weighted by Crippen LogP contribution is 2.49. The number of phenols is 1. The van der Waals surface area contributed by atoms with Gasteiger partial charge < -0.3 is 10.0 Å². The second-order valence-corrected chi connectivity index (χ2v) is 9.35. The average Bonchev–Trinajstić information content (AvgIpc) is 2.87. The quantitative estimate of drug-likeness (QED) is 0.749. The van der Waals surface area contributed by atoms with Gasteiger partial charge in [-0.25, -0.2) is 8.78 Å². The van der Waals surface area contributed by atoms with Crippen molar-refractivity contribution in [3.63, 3.8) is 0 Å². The van der Waals surface area contributed by atoms with Crippen LogP contribution in [-0.4, -0.2) is 24.1 Å². The van der Waals surface area contributed by atoms with Gasteiger partial charge in [0.1, 0.15) is 0 Å². The molecule has 2 aliphatic rings.